The molecule has 0 radical (unpaired) electrons. The van der Waals surface area contributed by atoms with Crippen molar-refractivity contribution in [2.75, 3.05) is 13.7 Å². The number of nitrogens with one attached hydrogen (secondary N) is 2. The number of carbonyl (C=O) groups excluding carboxylic acids is 1. The lowest BCUT2D eigenvalue weighted by Crippen LogP contribution is -2.38. The Balaban J connectivity index is 1.87. The SMILES string of the molecule is COc1cc([C@@H](C)NC(=O)NC[C@@H](C)c2nccs2)ccc1F. The summed E-state index contributed by atoms with van der Waals surface area (Å²) in [5, 5.41) is 8.55. The van der Waals surface area contributed by atoms with E-state index in [-0.39, 0.29) is 23.7 Å². The lowest BCUT2D eigenvalue weighted by Gasteiger charge is -2.17. The second-order valence-corrected chi connectivity index (χ2v) is 6.17. The Bertz CT molecular complexity index is 649. The monoisotopic (exact) mass is 337 g/mol. The van der Waals surface area contributed by atoms with E-state index in [1.54, 1.807) is 29.7 Å². The summed E-state index contributed by atoms with van der Waals surface area (Å²) in [6, 6.07) is 4.00. The highest BCUT2D eigenvalue weighted by Crippen LogP contribution is 2.22. The zero-order chi connectivity index (χ0) is 16.8. The average molecular weight is 337 g/mol. The van der Waals surface area contributed by atoms with E-state index in [9.17, 15) is 9.18 Å². The van der Waals surface area contributed by atoms with Crippen LogP contribution in [-0.4, -0.2) is 24.7 Å². The lowest BCUT2D eigenvalue weighted by molar-refractivity contribution is 0.237. The van der Waals surface area contributed by atoms with E-state index in [0.29, 0.717) is 6.54 Å². The molecule has 2 N–H and O–H groups in total. The predicted molar refractivity (Wildman–Crippen MR) is 88.4 cm³/mol. The number of aromatic nitrogens is 1. The Morgan fingerprint density at radius 1 is 1.43 bits per heavy atom. The van der Waals surface area contributed by atoms with Gasteiger partial charge in [0, 0.05) is 24.0 Å². The molecule has 124 valence electrons. The standard InChI is InChI=1S/C16H20FN3O2S/c1-10(15-18-6-7-23-15)9-19-16(21)20-11(2)12-4-5-13(17)14(8-12)22-3/h4-8,10-11H,9H2,1-3H3,(H2,19,20,21)/t10-,11-/m1/s1. The summed E-state index contributed by atoms with van der Waals surface area (Å²) in [7, 11) is 1.41. The van der Waals surface area contributed by atoms with Crippen molar-refractivity contribution in [2.24, 2.45) is 0 Å². The third-order valence-corrected chi connectivity index (χ3v) is 4.47. The van der Waals surface area contributed by atoms with E-state index in [4.69, 9.17) is 4.74 Å². The molecule has 2 rings (SSSR count). The van der Waals surface area contributed by atoms with Crippen molar-refractivity contribution in [1.82, 2.24) is 15.6 Å². The number of hydrogen-bond donors (Lipinski definition) is 2. The molecule has 0 fully saturated rings. The van der Waals surface area contributed by atoms with Gasteiger partial charge in [0.25, 0.3) is 0 Å². The van der Waals surface area contributed by atoms with Gasteiger partial charge in [-0.3, -0.25) is 0 Å². The van der Waals surface area contributed by atoms with Crippen molar-refractivity contribution in [3.63, 3.8) is 0 Å². The third kappa shape index (κ3) is 4.66. The summed E-state index contributed by atoms with van der Waals surface area (Å²) in [5.74, 6) is -0.110. The third-order valence-electron chi connectivity index (χ3n) is 3.46. The topological polar surface area (TPSA) is 63.2 Å². The molecule has 2 aromatic rings. The summed E-state index contributed by atoms with van der Waals surface area (Å²) in [4.78, 5) is 16.2. The molecule has 0 aliphatic heterocycles. The highest BCUT2D eigenvalue weighted by atomic mass is 32.1. The first-order chi connectivity index (χ1) is 11.0. The maximum atomic E-state index is 13.4. The van der Waals surface area contributed by atoms with Crippen LogP contribution in [0, 0.1) is 5.82 Å². The quantitative estimate of drug-likeness (QED) is 0.848. The normalized spacial score (nSPS) is 13.2. The molecule has 0 saturated carbocycles. The second-order valence-electron chi connectivity index (χ2n) is 5.24. The van der Waals surface area contributed by atoms with Gasteiger partial charge in [-0.05, 0) is 24.6 Å². The number of halogens is 1. The number of hydrogen-bond acceptors (Lipinski definition) is 4. The van der Waals surface area contributed by atoms with E-state index < -0.39 is 5.82 Å². The summed E-state index contributed by atoms with van der Waals surface area (Å²) < 4.78 is 18.4. The highest BCUT2D eigenvalue weighted by molar-refractivity contribution is 7.09. The van der Waals surface area contributed by atoms with E-state index >= 15 is 0 Å². The molecule has 5 nitrogen and oxygen atoms in total. The summed E-state index contributed by atoms with van der Waals surface area (Å²) in [6.07, 6.45) is 1.75. The molecule has 0 unspecified atom stereocenters. The largest absolute Gasteiger partial charge is 0.494 e. The van der Waals surface area contributed by atoms with Crippen LogP contribution in [0.1, 0.15) is 36.4 Å². The zero-order valence-corrected chi connectivity index (χ0v) is 14.1. The fourth-order valence-electron chi connectivity index (χ4n) is 2.09. The van der Waals surface area contributed by atoms with Gasteiger partial charge < -0.3 is 15.4 Å². The van der Waals surface area contributed by atoms with Crippen molar-refractivity contribution in [3.8, 4) is 5.75 Å². The van der Waals surface area contributed by atoms with E-state index in [1.165, 1.54) is 13.2 Å². The first-order valence-corrected chi connectivity index (χ1v) is 8.16. The van der Waals surface area contributed by atoms with Crippen LogP contribution in [0.3, 0.4) is 0 Å². The van der Waals surface area contributed by atoms with E-state index in [0.717, 1.165) is 10.6 Å². The molecular formula is C16H20FN3O2S. The lowest BCUT2D eigenvalue weighted by atomic mass is 10.1. The summed E-state index contributed by atoms with van der Waals surface area (Å²) in [5.41, 5.74) is 0.770. The summed E-state index contributed by atoms with van der Waals surface area (Å²) in [6.45, 7) is 4.34. The van der Waals surface area contributed by atoms with Crippen molar-refractivity contribution in [2.45, 2.75) is 25.8 Å². The predicted octanol–water partition coefficient (Wildman–Crippen LogP) is 3.45. The minimum Gasteiger partial charge on any atom is -0.494 e. The van der Waals surface area contributed by atoms with E-state index in [1.807, 2.05) is 19.2 Å². The zero-order valence-electron chi connectivity index (χ0n) is 13.3. The number of nitrogens with zero attached hydrogens (tertiary/aromatic N) is 1. The number of urea groups is 1. The number of ether oxygens (including phenoxy) is 1. The maximum absolute atomic E-state index is 13.4. The van der Waals surface area contributed by atoms with Crippen LogP contribution in [-0.2, 0) is 0 Å². The van der Waals surface area contributed by atoms with Crippen LogP contribution in [0.2, 0.25) is 0 Å². The van der Waals surface area contributed by atoms with Gasteiger partial charge in [-0.15, -0.1) is 11.3 Å². The Kier molecular flexibility index (Phi) is 5.92. The smallest absolute Gasteiger partial charge is 0.315 e. The number of benzene rings is 1. The van der Waals surface area contributed by atoms with Gasteiger partial charge in [-0.1, -0.05) is 13.0 Å². The first kappa shape index (κ1) is 17.2. The fraction of sp³-hybridized carbons (Fsp3) is 0.375. The molecule has 0 aliphatic rings. The van der Waals surface area contributed by atoms with Crippen molar-refractivity contribution >= 4 is 17.4 Å². The average Bonchev–Trinajstić information content (AvgIpc) is 3.07. The molecule has 0 spiro atoms. The maximum Gasteiger partial charge on any atom is 0.315 e. The second kappa shape index (κ2) is 7.92. The van der Waals surface area contributed by atoms with Crippen LogP contribution < -0.4 is 15.4 Å². The minimum atomic E-state index is -0.426. The molecule has 0 bridgehead atoms. The van der Waals surface area contributed by atoms with Crippen LogP contribution in [0.25, 0.3) is 0 Å². The first-order valence-electron chi connectivity index (χ1n) is 7.28. The van der Waals surface area contributed by atoms with Crippen LogP contribution in [0.5, 0.6) is 5.75 Å². The molecule has 0 saturated heterocycles. The summed E-state index contributed by atoms with van der Waals surface area (Å²) >= 11 is 1.57. The number of amides is 2. The van der Waals surface area contributed by atoms with Gasteiger partial charge in [-0.2, -0.15) is 0 Å². The van der Waals surface area contributed by atoms with Crippen LogP contribution in [0.4, 0.5) is 9.18 Å². The van der Waals surface area contributed by atoms with E-state index in [2.05, 4.69) is 15.6 Å². The molecule has 1 aromatic heterocycles. The van der Waals surface area contributed by atoms with Crippen LogP contribution >= 0.6 is 11.3 Å². The number of carbonyl (C=O) groups is 1. The number of rotatable bonds is 6. The van der Waals surface area contributed by atoms with Crippen molar-refractivity contribution in [1.29, 1.82) is 0 Å². The van der Waals surface area contributed by atoms with Crippen LogP contribution in [0.15, 0.2) is 29.8 Å². The number of thiazole rings is 1. The molecule has 2 atom stereocenters. The van der Waals surface area contributed by atoms with Gasteiger partial charge >= 0.3 is 6.03 Å². The van der Waals surface area contributed by atoms with Gasteiger partial charge in [0.15, 0.2) is 11.6 Å². The van der Waals surface area contributed by atoms with Crippen molar-refractivity contribution < 1.29 is 13.9 Å². The fourth-order valence-corrected chi connectivity index (χ4v) is 2.79. The van der Waals surface area contributed by atoms with Gasteiger partial charge in [-0.25, -0.2) is 14.2 Å². The molecule has 23 heavy (non-hydrogen) atoms. The minimum absolute atomic E-state index is 0.155. The Morgan fingerprint density at radius 3 is 2.87 bits per heavy atom. The van der Waals surface area contributed by atoms with Gasteiger partial charge in [0.1, 0.15) is 0 Å². The Morgan fingerprint density at radius 2 is 2.22 bits per heavy atom. The molecule has 0 aliphatic carbocycles. The molecular weight excluding hydrogens is 317 g/mol. The number of methoxy groups -OCH3 is 1. The van der Waals surface area contributed by atoms with Gasteiger partial charge in [0.05, 0.1) is 18.2 Å². The van der Waals surface area contributed by atoms with Crippen molar-refractivity contribution in [3.05, 3.63) is 46.2 Å². The Labute approximate surface area is 138 Å². The molecule has 2 amide bonds. The molecule has 1 heterocycles. The van der Waals surface area contributed by atoms with Gasteiger partial charge in [0.2, 0.25) is 0 Å². The Hall–Kier alpha value is -2.15. The highest BCUT2D eigenvalue weighted by Gasteiger charge is 2.14. The molecule has 1 aromatic carbocycles. The molecule has 7 heteroatoms.